The first-order valence-electron chi connectivity index (χ1n) is 4.69. The van der Waals surface area contributed by atoms with E-state index in [-0.39, 0.29) is 6.10 Å². The normalized spacial score (nSPS) is 24.6. The second kappa shape index (κ2) is 3.80. The zero-order chi connectivity index (χ0) is 9.97. The summed E-state index contributed by atoms with van der Waals surface area (Å²) >= 11 is 0. The van der Waals surface area contributed by atoms with Crippen molar-refractivity contribution in [2.45, 2.75) is 25.0 Å². The Bertz CT molecular complexity index is 321. The Labute approximate surface area is 82.3 Å². The first-order chi connectivity index (χ1) is 6.77. The summed E-state index contributed by atoms with van der Waals surface area (Å²) in [6.07, 6.45) is 1.04. The number of carboxylic acids is 1. The number of carbonyl (C=O) groups is 1. The number of hydrogen-bond donors (Lipinski definition) is 1. The van der Waals surface area contributed by atoms with Crippen molar-refractivity contribution in [1.29, 1.82) is 0 Å². The van der Waals surface area contributed by atoms with Crippen molar-refractivity contribution in [3.05, 3.63) is 35.9 Å². The molecule has 0 spiro atoms. The zero-order valence-electron chi connectivity index (χ0n) is 7.72. The smallest absolute Gasteiger partial charge is 0.335 e. The number of benzene rings is 1. The maximum atomic E-state index is 10.5. The second-order valence-corrected chi connectivity index (χ2v) is 3.46. The highest BCUT2D eigenvalue weighted by Gasteiger charge is 2.44. The molecule has 0 saturated carbocycles. The van der Waals surface area contributed by atoms with Gasteiger partial charge in [0.2, 0.25) is 0 Å². The van der Waals surface area contributed by atoms with Crippen LogP contribution in [-0.2, 0) is 16.0 Å². The van der Waals surface area contributed by atoms with Gasteiger partial charge in [0.1, 0.15) is 0 Å². The van der Waals surface area contributed by atoms with Crippen molar-refractivity contribution < 1.29 is 14.6 Å². The Morgan fingerprint density at radius 2 is 2.07 bits per heavy atom. The van der Waals surface area contributed by atoms with Crippen LogP contribution in [0.2, 0.25) is 0 Å². The number of aryl methyl sites for hydroxylation is 1. The third-order valence-electron chi connectivity index (χ3n) is 2.39. The summed E-state index contributed by atoms with van der Waals surface area (Å²) in [6, 6.07) is 10.0. The molecule has 1 saturated heterocycles. The van der Waals surface area contributed by atoms with Crippen LogP contribution in [0.3, 0.4) is 0 Å². The monoisotopic (exact) mass is 192 g/mol. The maximum absolute atomic E-state index is 10.5. The summed E-state index contributed by atoms with van der Waals surface area (Å²) in [6.45, 7) is 0. The van der Waals surface area contributed by atoms with Gasteiger partial charge in [0.15, 0.2) is 6.10 Å². The molecule has 0 radical (unpaired) electrons. The first-order valence-corrected chi connectivity index (χ1v) is 4.69. The third kappa shape index (κ3) is 2.12. The van der Waals surface area contributed by atoms with E-state index >= 15 is 0 Å². The molecule has 3 nitrogen and oxygen atoms in total. The van der Waals surface area contributed by atoms with Crippen molar-refractivity contribution in [2.75, 3.05) is 0 Å². The van der Waals surface area contributed by atoms with Gasteiger partial charge in [-0.1, -0.05) is 30.3 Å². The minimum atomic E-state index is -0.844. The Hall–Kier alpha value is -1.35. The topological polar surface area (TPSA) is 49.8 Å². The van der Waals surface area contributed by atoms with Gasteiger partial charge in [-0.15, -0.1) is 0 Å². The van der Waals surface area contributed by atoms with Crippen molar-refractivity contribution >= 4 is 5.97 Å². The molecule has 1 aromatic rings. The number of ether oxygens (including phenoxy) is 1. The van der Waals surface area contributed by atoms with Crippen LogP contribution < -0.4 is 0 Å². The second-order valence-electron chi connectivity index (χ2n) is 3.46. The van der Waals surface area contributed by atoms with Gasteiger partial charge in [0, 0.05) is 0 Å². The van der Waals surface area contributed by atoms with Gasteiger partial charge in [-0.05, 0) is 18.4 Å². The highest BCUT2D eigenvalue weighted by molar-refractivity contribution is 5.75. The van der Waals surface area contributed by atoms with Crippen LogP contribution in [0, 0.1) is 0 Å². The Morgan fingerprint density at radius 1 is 1.36 bits per heavy atom. The Morgan fingerprint density at radius 3 is 2.64 bits per heavy atom. The average Bonchev–Trinajstić information content (AvgIpc) is 2.96. The van der Waals surface area contributed by atoms with E-state index in [1.807, 2.05) is 30.3 Å². The summed E-state index contributed by atoms with van der Waals surface area (Å²) < 4.78 is 5.00. The predicted octanol–water partition coefficient (Wildman–Crippen LogP) is 1.47. The van der Waals surface area contributed by atoms with Crippen LogP contribution in [0.5, 0.6) is 0 Å². The summed E-state index contributed by atoms with van der Waals surface area (Å²) in [7, 11) is 0. The molecule has 14 heavy (non-hydrogen) atoms. The fourth-order valence-corrected chi connectivity index (χ4v) is 1.53. The summed E-state index contributed by atoms with van der Waals surface area (Å²) in [5.74, 6) is -0.844. The van der Waals surface area contributed by atoms with Gasteiger partial charge in [0.05, 0.1) is 6.10 Å². The lowest BCUT2D eigenvalue weighted by Gasteiger charge is -1.97. The molecule has 0 aromatic heterocycles. The van der Waals surface area contributed by atoms with Gasteiger partial charge < -0.3 is 9.84 Å². The summed E-state index contributed by atoms with van der Waals surface area (Å²) in [4.78, 5) is 10.5. The third-order valence-corrected chi connectivity index (χ3v) is 2.39. The fourth-order valence-electron chi connectivity index (χ4n) is 1.53. The SMILES string of the molecule is O=C(O)[C@@H]1O[C@H]1CCc1ccccc1. The molecule has 1 N–H and O–H groups in total. The maximum Gasteiger partial charge on any atom is 0.335 e. The fraction of sp³-hybridized carbons (Fsp3) is 0.364. The molecular weight excluding hydrogens is 180 g/mol. The van der Waals surface area contributed by atoms with Crippen LogP contribution in [0.15, 0.2) is 30.3 Å². The van der Waals surface area contributed by atoms with Crippen LogP contribution in [0.1, 0.15) is 12.0 Å². The molecule has 2 atom stereocenters. The average molecular weight is 192 g/mol. The molecule has 74 valence electrons. The predicted molar refractivity (Wildman–Crippen MR) is 51.1 cm³/mol. The lowest BCUT2D eigenvalue weighted by molar-refractivity contribution is -0.138. The minimum Gasteiger partial charge on any atom is -0.479 e. The molecule has 0 aliphatic carbocycles. The number of aliphatic carboxylic acids is 1. The summed E-state index contributed by atoms with van der Waals surface area (Å²) in [5.41, 5.74) is 1.23. The highest BCUT2D eigenvalue weighted by Crippen LogP contribution is 2.26. The van der Waals surface area contributed by atoms with E-state index in [2.05, 4.69) is 0 Å². The van der Waals surface area contributed by atoms with E-state index in [9.17, 15) is 4.79 Å². The van der Waals surface area contributed by atoms with Gasteiger partial charge in [0.25, 0.3) is 0 Å². The van der Waals surface area contributed by atoms with E-state index < -0.39 is 12.1 Å². The largest absolute Gasteiger partial charge is 0.479 e. The lowest BCUT2D eigenvalue weighted by atomic mass is 10.1. The van der Waals surface area contributed by atoms with Crippen LogP contribution in [0.25, 0.3) is 0 Å². The number of epoxide rings is 1. The molecule has 3 heteroatoms. The van der Waals surface area contributed by atoms with Crippen molar-refractivity contribution in [3.8, 4) is 0 Å². The van der Waals surface area contributed by atoms with Crippen LogP contribution in [0.4, 0.5) is 0 Å². The quantitative estimate of drug-likeness (QED) is 0.735. The molecule has 2 rings (SSSR count). The van der Waals surface area contributed by atoms with E-state index in [1.54, 1.807) is 0 Å². The molecular formula is C11H12O3. The van der Waals surface area contributed by atoms with Gasteiger partial charge in [-0.2, -0.15) is 0 Å². The Kier molecular flexibility index (Phi) is 2.50. The number of hydrogen-bond acceptors (Lipinski definition) is 2. The van der Waals surface area contributed by atoms with Gasteiger partial charge in [-0.3, -0.25) is 0 Å². The van der Waals surface area contributed by atoms with Crippen molar-refractivity contribution in [3.63, 3.8) is 0 Å². The van der Waals surface area contributed by atoms with Crippen LogP contribution >= 0.6 is 0 Å². The van der Waals surface area contributed by atoms with E-state index in [1.165, 1.54) is 5.56 Å². The van der Waals surface area contributed by atoms with Crippen LogP contribution in [-0.4, -0.2) is 23.3 Å². The molecule has 0 amide bonds. The van der Waals surface area contributed by atoms with E-state index in [0.29, 0.717) is 0 Å². The molecule has 1 aromatic carbocycles. The standard InChI is InChI=1S/C11H12O3/c12-11(13)10-9(14-10)7-6-8-4-2-1-3-5-8/h1-5,9-10H,6-7H2,(H,12,13)/t9-,10+/m0/s1. The molecule has 1 aliphatic heterocycles. The molecule has 1 fully saturated rings. The van der Waals surface area contributed by atoms with E-state index in [0.717, 1.165) is 12.8 Å². The number of rotatable bonds is 4. The van der Waals surface area contributed by atoms with E-state index in [4.69, 9.17) is 9.84 Å². The van der Waals surface area contributed by atoms with Gasteiger partial charge >= 0.3 is 5.97 Å². The lowest BCUT2D eigenvalue weighted by Crippen LogP contribution is -2.08. The zero-order valence-corrected chi connectivity index (χ0v) is 7.72. The van der Waals surface area contributed by atoms with Crippen molar-refractivity contribution in [1.82, 2.24) is 0 Å². The molecule has 1 heterocycles. The molecule has 0 unspecified atom stereocenters. The molecule has 0 bridgehead atoms. The Balaban J connectivity index is 1.77. The van der Waals surface area contributed by atoms with Crippen molar-refractivity contribution in [2.24, 2.45) is 0 Å². The highest BCUT2D eigenvalue weighted by atomic mass is 16.6. The minimum absolute atomic E-state index is 0.0762. The first kappa shape index (κ1) is 9.21. The molecule has 1 aliphatic rings. The summed E-state index contributed by atoms with van der Waals surface area (Å²) in [5, 5.41) is 8.60. The van der Waals surface area contributed by atoms with Gasteiger partial charge in [-0.25, -0.2) is 4.79 Å². The number of carboxylic acid groups (broad SMARTS) is 1.